The summed E-state index contributed by atoms with van der Waals surface area (Å²) >= 11 is 0. The van der Waals surface area contributed by atoms with E-state index in [0.29, 0.717) is 10.5 Å². The summed E-state index contributed by atoms with van der Waals surface area (Å²) in [5.41, 5.74) is 5.20. The fourth-order valence-corrected chi connectivity index (χ4v) is 1.95. The van der Waals surface area contributed by atoms with Crippen LogP contribution in [-0.2, 0) is 20.9 Å². The first kappa shape index (κ1) is 20.4. The molecular formula is C17H24N2O6. The van der Waals surface area contributed by atoms with E-state index in [1.54, 1.807) is 51.1 Å². The maximum absolute atomic E-state index is 12.4. The summed E-state index contributed by atoms with van der Waals surface area (Å²) in [5.74, 6) is -1.37. The molecule has 0 aliphatic heterocycles. The molecule has 0 aliphatic carbocycles. The Morgan fingerprint density at radius 1 is 1.16 bits per heavy atom. The van der Waals surface area contributed by atoms with E-state index in [1.165, 1.54) is 0 Å². The van der Waals surface area contributed by atoms with E-state index in [4.69, 9.17) is 15.2 Å². The Balaban J connectivity index is 2.96. The van der Waals surface area contributed by atoms with Crippen molar-refractivity contribution in [2.24, 2.45) is 5.73 Å². The number of amides is 2. The predicted octanol–water partition coefficient (Wildman–Crippen LogP) is 2.36. The van der Waals surface area contributed by atoms with Gasteiger partial charge < -0.3 is 20.3 Å². The Bertz CT molecular complexity index is 597. The highest BCUT2D eigenvalue weighted by Gasteiger charge is 2.38. The fourth-order valence-electron chi connectivity index (χ4n) is 1.95. The van der Waals surface area contributed by atoms with Crippen molar-refractivity contribution in [1.29, 1.82) is 0 Å². The zero-order valence-corrected chi connectivity index (χ0v) is 14.6. The van der Waals surface area contributed by atoms with E-state index < -0.39 is 29.8 Å². The molecule has 2 amide bonds. The maximum Gasteiger partial charge on any atom is 0.420 e. The third-order valence-corrected chi connectivity index (χ3v) is 3.03. The molecule has 0 spiro atoms. The van der Waals surface area contributed by atoms with Crippen LogP contribution in [0.4, 0.5) is 9.59 Å². The molecule has 0 fully saturated rings. The Labute approximate surface area is 146 Å². The molecule has 1 unspecified atom stereocenters. The minimum atomic E-state index is -1.47. The number of aliphatic carboxylic acids is 1. The standard InChI is InChI=1S/C17H24N2O6/c1-17(2,3)25-16(23)19(13(9-10-18)14(20)21)15(22)24-11-12-7-5-4-6-8-12/h4-8,13H,9-11,18H2,1-3H3,(H,20,21). The van der Waals surface area contributed by atoms with Gasteiger partial charge in [0.05, 0.1) is 0 Å². The van der Waals surface area contributed by atoms with Gasteiger partial charge >= 0.3 is 18.2 Å². The van der Waals surface area contributed by atoms with E-state index in [0.717, 1.165) is 0 Å². The van der Waals surface area contributed by atoms with Crippen LogP contribution in [0.25, 0.3) is 0 Å². The van der Waals surface area contributed by atoms with Crippen LogP contribution in [0.1, 0.15) is 32.8 Å². The number of hydrogen-bond acceptors (Lipinski definition) is 6. The smallest absolute Gasteiger partial charge is 0.420 e. The molecule has 0 aliphatic rings. The lowest BCUT2D eigenvalue weighted by Crippen LogP contribution is -2.51. The number of nitrogens with two attached hydrogens (primary N) is 1. The monoisotopic (exact) mass is 352 g/mol. The topological polar surface area (TPSA) is 119 Å². The van der Waals surface area contributed by atoms with Gasteiger partial charge in [-0.25, -0.2) is 14.4 Å². The molecular weight excluding hydrogens is 328 g/mol. The van der Waals surface area contributed by atoms with Gasteiger partial charge in [-0.1, -0.05) is 30.3 Å². The molecule has 8 nitrogen and oxygen atoms in total. The molecule has 8 heteroatoms. The number of carboxylic acid groups (broad SMARTS) is 1. The number of benzene rings is 1. The van der Waals surface area contributed by atoms with Crippen molar-refractivity contribution in [3.05, 3.63) is 35.9 Å². The third-order valence-electron chi connectivity index (χ3n) is 3.03. The van der Waals surface area contributed by atoms with Crippen LogP contribution in [0.3, 0.4) is 0 Å². The first-order chi connectivity index (χ1) is 11.7. The van der Waals surface area contributed by atoms with Gasteiger partial charge in [0.15, 0.2) is 0 Å². The van der Waals surface area contributed by atoms with Crippen LogP contribution in [0.15, 0.2) is 30.3 Å². The highest BCUT2D eigenvalue weighted by Crippen LogP contribution is 2.16. The number of carbonyl (C=O) groups excluding carboxylic acids is 2. The van der Waals surface area contributed by atoms with Crippen molar-refractivity contribution in [3.63, 3.8) is 0 Å². The number of hydrogen-bond donors (Lipinski definition) is 2. The van der Waals surface area contributed by atoms with E-state index in [1.807, 2.05) is 0 Å². The molecule has 138 valence electrons. The Hall–Kier alpha value is -2.61. The molecule has 25 heavy (non-hydrogen) atoms. The number of carbonyl (C=O) groups is 3. The van der Waals surface area contributed by atoms with E-state index in [2.05, 4.69) is 0 Å². The van der Waals surface area contributed by atoms with Gasteiger partial charge in [-0.2, -0.15) is 4.90 Å². The lowest BCUT2D eigenvalue weighted by atomic mass is 10.2. The lowest BCUT2D eigenvalue weighted by Gasteiger charge is -2.29. The van der Waals surface area contributed by atoms with Crippen molar-refractivity contribution >= 4 is 18.2 Å². The second kappa shape index (κ2) is 9.03. The number of carboxylic acids is 1. The average molecular weight is 352 g/mol. The van der Waals surface area contributed by atoms with Gasteiger partial charge in [-0.15, -0.1) is 0 Å². The zero-order valence-electron chi connectivity index (χ0n) is 14.6. The molecule has 1 atom stereocenters. The van der Waals surface area contributed by atoms with Crippen LogP contribution in [0.2, 0.25) is 0 Å². The van der Waals surface area contributed by atoms with Crippen LogP contribution in [-0.4, -0.2) is 46.3 Å². The normalized spacial score (nSPS) is 12.2. The summed E-state index contributed by atoms with van der Waals surface area (Å²) in [6, 6.07) is 7.34. The van der Waals surface area contributed by atoms with E-state index in [-0.39, 0.29) is 19.6 Å². The minimum Gasteiger partial charge on any atom is -0.480 e. The number of rotatable bonds is 6. The number of ether oxygens (including phenoxy) is 2. The van der Waals surface area contributed by atoms with Gasteiger partial charge in [-0.05, 0) is 39.3 Å². The highest BCUT2D eigenvalue weighted by molar-refractivity contribution is 5.93. The minimum absolute atomic E-state index is 0.0256. The number of nitrogens with zero attached hydrogens (tertiary/aromatic N) is 1. The fraction of sp³-hybridized carbons (Fsp3) is 0.471. The van der Waals surface area contributed by atoms with Crippen LogP contribution < -0.4 is 5.73 Å². The van der Waals surface area contributed by atoms with Crippen molar-refractivity contribution in [3.8, 4) is 0 Å². The quantitative estimate of drug-likeness (QED) is 0.806. The summed E-state index contributed by atoms with van der Waals surface area (Å²) in [7, 11) is 0. The van der Waals surface area contributed by atoms with Crippen molar-refractivity contribution in [1.82, 2.24) is 4.90 Å². The van der Waals surface area contributed by atoms with Crippen LogP contribution in [0, 0.1) is 0 Å². The zero-order chi connectivity index (χ0) is 19.0. The second-order valence-corrected chi connectivity index (χ2v) is 6.32. The van der Waals surface area contributed by atoms with Crippen molar-refractivity contribution in [2.45, 2.75) is 45.4 Å². The Morgan fingerprint density at radius 3 is 2.24 bits per heavy atom. The van der Waals surface area contributed by atoms with Gasteiger partial charge in [0.25, 0.3) is 0 Å². The molecule has 0 saturated carbocycles. The average Bonchev–Trinajstić information content (AvgIpc) is 2.51. The summed E-state index contributed by atoms with van der Waals surface area (Å²) in [4.78, 5) is 36.6. The van der Waals surface area contributed by atoms with Crippen molar-refractivity contribution < 1.29 is 29.0 Å². The van der Waals surface area contributed by atoms with Gasteiger partial charge in [0.2, 0.25) is 0 Å². The maximum atomic E-state index is 12.4. The first-order valence-corrected chi connectivity index (χ1v) is 7.81. The van der Waals surface area contributed by atoms with Crippen molar-refractivity contribution in [2.75, 3.05) is 6.54 Å². The summed E-state index contributed by atoms with van der Waals surface area (Å²) in [6.45, 7) is 4.70. The lowest BCUT2D eigenvalue weighted by molar-refractivity contribution is -0.142. The summed E-state index contributed by atoms with van der Waals surface area (Å²) in [6.07, 6.45) is -2.31. The highest BCUT2D eigenvalue weighted by atomic mass is 16.6. The van der Waals surface area contributed by atoms with Crippen LogP contribution in [0.5, 0.6) is 0 Å². The molecule has 1 aromatic carbocycles. The third kappa shape index (κ3) is 6.80. The first-order valence-electron chi connectivity index (χ1n) is 7.81. The van der Waals surface area contributed by atoms with Crippen LogP contribution >= 0.6 is 0 Å². The molecule has 3 N–H and O–H groups in total. The molecule has 0 bridgehead atoms. The Morgan fingerprint density at radius 2 is 1.76 bits per heavy atom. The second-order valence-electron chi connectivity index (χ2n) is 6.32. The molecule has 0 aromatic heterocycles. The van der Waals surface area contributed by atoms with Gasteiger partial charge in [0.1, 0.15) is 18.2 Å². The SMILES string of the molecule is CC(C)(C)OC(=O)N(C(=O)OCc1ccccc1)C(CCN)C(=O)O. The largest absolute Gasteiger partial charge is 0.480 e. The van der Waals surface area contributed by atoms with Gasteiger partial charge in [-0.3, -0.25) is 0 Å². The number of imide groups is 1. The van der Waals surface area contributed by atoms with E-state index in [9.17, 15) is 19.5 Å². The summed E-state index contributed by atoms with van der Waals surface area (Å²) < 4.78 is 10.2. The molecule has 0 saturated heterocycles. The van der Waals surface area contributed by atoms with E-state index >= 15 is 0 Å². The molecule has 0 radical (unpaired) electrons. The molecule has 1 rings (SSSR count). The molecule has 1 aromatic rings. The molecule has 0 heterocycles. The summed E-state index contributed by atoms with van der Waals surface area (Å²) in [5, 5.41) is 9.34. The predicted molar refractivity (Wildman–Crippen MR) is 89.8 cm³/mol. The van der Waals surface area contributed by atoms with Gasteiger partial charge in [0, 0.05) is 0 Å². The Kier molecular flexibility index (Phi) is 7.38.